The molecule has 0 fully saturated rings. The van der Waals surface area contributed by atoms with Gasteiger partial charge in [-0.2, -0.15) is 0 Å². The van der Waals surface area contributed by atoms with E-state index in [1.807, 2.05) is 12.1 Å². The minimum atomic E-state index is -2.19. The van der Waals surface area contributed by atoms with E-state index in [1.54, 1.807) is 34.8 Å². The van der Waals surface area contributed by atoms with Crippen LogP contribution in [0.4, 0.5) is 8.78 Å². The normalized spacial score (nSPS) is 12.6. The number of hydrogen-bond donors (Lipinski definition) is 0. The molecule has 6 heteroatoms. The summed E-state index contributed by atoms with van der Waals surface area (Å²) >= 11 is -1.13. The molecule has 0 atom stereocenters. The zero-order chi connectivity index (χ0) is 19.3. The Morgan fingerprint density at radius 2 is 0.923 bits per heavy atom. The molecule has 0 radical (unpaired) electrons. The van der Waals surface area contributed by atoms with Crippen molar-refractivity contribution in [1.29, 1.82) is 0 Å². The Morgan fingerprint density at radius 1 is 0.577 bits per heavy atom. The second-order valence-electron chi connectivity index (χ2n) is 8.62. The van der Waals surface area contributed by atoms with E-state index in [9.17, 15) is 8.78 Å². The van der Waals surface area contributed by atoms with E-state index < -0.39 is 48.4 Å². The fourth-order valence-corrected chi connectivity index (χ4v) is 15.3. The molecule has 0 amide bonds. The summed E-state index contributed by atoms with van der Waals surface area (Å²) in [6, 6.07) is 11.6. The summed E-state index contributed by atoms with van der Waals surface area (Å²) in [7, 11) is 0. The van der Waals surface area contributed by atoms with Crippen molar-refractivity contribution in [2.75, 3.05) is 0 Å². The Labute approximate surface area is 171 Å². The Morgan fingerprint density at radius 3 is 1.19 bits per heavy atom. The number of rotatable bonds is 4. The van der Waals surface area contributed by atoms with Crippen LogP contribution in [0.25, 0.3) is 20.9 Å². The van der Waals surface area contributed by atoms with E-state index in [0.29, 0.717) is 11.1 Å². The van der Waals surface area contributed by atoms with Gasteiger partial charge in [0.15, 0.2) is 0 Å². The van der Waals surface area contributed by atoms with Gasteiger partial charge in [-0.1, -0.05) is 0 Å². The van der Waals surface area contributed by atoms with Crippen LogP contribution in [0.15, 0.2) is 36.4 Å². The van der Waals surface area contributed by atoms with Crippen molar-refractivity contribution in [3.05, 3.63) is 48.0 Å². The van der Waals surface area contributed by atoms with Gasteiger partial charge in [-0.3, -0.25) is 0 Å². The van der Waals surface area contributed by atoms with Gasteiger partial charge in [-0.05, 0) is 0 Å². The van der Waals surface area contributed by atoms with Crippen molar-refractivity contribution in [2.45, 2.75) is 29.6 Å². The maximum atomic E-state index is 14.8. The quantitative estimate of drug-likeness (QED) is 0.298. The predicted molar refractivity (Wildman–Crippen MR) is 119 cm³/mol. The van der Waals surface area contributed by atoms with Gasteiger partial charge < -0.3 is 0 Å². The first-order valence-corrected chi connectivity index (χ1v) is 30.3. The molecule has 0 N–H and O–H groups in total. The molecule has 0 aliphatic carbocycles. The van der Waals surface area contributed by atoms with Crippen LogP contribution in [0.1, 0.15) is 0 Å². The molecule has 0 bridgehead atoms. The van der Waals surface area contributed by atoms with Gasteiger partial charge in [0.05, 0.1) is 0 Å². The summed E-state index contributed by atoms with van der Waals surface area (Å²) in [5, 5.41) is 0. The molecule has 3 aromatic rings. The van der Waals surface area contributed by atoms with Crippen LogP contribution >= 0.6 is 22.7 Å². The van der Waals surface area contributed by atoms with Crippen molar-refractivity contribution < 1.29 is 8.78 Å². The first kappa shape index (κ1) is 20.8. The second-order valence-corrected chi connectivity index (χ2v) is 41.6. The Bertz CT molecular complexity index is 866. The number of halogens is 2. The standard InChI is InChI=1S/C14H6F2S2.6CH3.2Sn/c15-13-9(11-3-1-7-17-11)5-6-10(14(13)16)12-4-2-8-18-12;;;;;;;;/h1-6H;6*1H3;;. The van der Waals surface area contributed by atoms with Crippen LogP contribution in [0.2, 0.25) is 29.6 Å². The van der Waals surface area contributed by atoms with Crippen LogP contribution in [0, 0.1) is 11.6 Å². The van der Waals surface area contributed by atoms with E-state index in [1.165, 1.54) is 5.79 Å². The van der Waals surface area contributed by atoms with E-state index in [2.05, 4.69) is 41.8 Å². The van der Waals surface area contributed by atoms with Crippen LogP contribution in [0.5, 0.6) is 0 Å². The Kier molecular flexibility index (Phi) is 5.99. The summed E-state index contributed by atoms with van der Waals surface area (Å²) < 4.78 is 32.4. The SMILES string of the molecule is [CH3][Sn]([CH3])([CH3])[c]1ccc(-c2ccc(-c3cc[c]([Sn]([CH3])([CH3])[CH3])s3)c(F)c2F)s1. The van der Waals surface area contributed by atoms with Gasteiger partial charge in [-0.15, -0.1) is 0 Å². The van der Waals surface area contributed by atoms with Crippen LogP contribution in [0.3, 0.4) is 0 Å². The van der Waals surface area contributed by atoms with Crippen LogP contribution in [-0.2, 0) is 0 Å². The molecule has 2 aromatic heterocycles. The fraction of sp³-hybridized carbons (Fsp3) is 0.300. The minimum absolute atomic E-state index is 0.379. The van der Waals surface area contributed by atoms with E-state index in [4.69, 9.17) is 0 Å². The monoisotopic (exact) mass is 606 g/mol. The van der Waals surface area contributed by atoms with Crippen LogP contribution in [-0.4, -0.2) is 36.8 Å². The Hall–Kier alpha value is 0.0774. The average molecular weight is 604 g/mol. The average Bonchev–Trinajstić information content (AvgIpc) is 3.17. The molecule has 138 valence electrons. The number of thiophene rings is 2. The summed E-state index contributed by atoms with van der Waals surface area (Å²) in [6.07, 6.45) is 0. The van der Waals surface area contributed by atoms with Gasteiger partial charge in [0.1, 0.15) is 0 Å². The molecule has 26 heavy (non-hydrogen) atoms. The van der Waals surface area contributed by atoms with Gasteiger partial charge in [0.2, 0.25) is 0 Å². The summed E-state index contributed by atoms with van der Waals surface area (Å²) in [4.78, 5) is 15.6. The number of hydrogen-bond acceptors (Lipinski definition) is 2. The third kappa shape index (κ3) is 4.23. The molecule has 0 aliphatic heterocycles. The Balaban J connectivity index is 2.02. The van der Waals surface area contributed by atoms with E-state index in [-0.39, 0.29) is 0 Å². The van der Waals surface area contributed by atoms with Crippen molar-refractivity contribution >= 4 is 65.2 Å². The number of benzene rings is 1. The third-order valence-electron chi connectivity index (χ3n) is 4.30. The van der Waals surface area contributed by atoms with Crippen molar-refractivity contribution in [2.24, 2.45) is 0 Å². The molecular formula is C20H24F2S2Sn2. The zero-order valence-corrected chi connectivity index (χ0v) is 23.4. The van der Waals surface area contributed by atoms with E-state index >= 15 is 0 Å². The molecule has 3 rings (SSSR count). The van der Waals surface area contributed by atoms with Gasteiger partial charge in [0, 0.05) is 0 Å². The molecule has 0 spiro atoms. The first-order chi connectivity index (χ1) is 12.0. The van der Waals surface area contributed by atoms with E-state index in [0.717, 1.165) is 9.75 Å². The molecule has 0 aliphatic rings. The topological polar surface area (TPSA) is 0 Å². The third-order valence-corrected chi connectivity index (χ3v) is 25.5. The fourth-order valence-electron chi connectivity index (χ4n) is 2.70. The second kappa shape index (κ2) is 7.48. The molecule has 0 saturated carbocycles. The van der Waals surface area contributed by atoms with Gasteiger partial charge >= 0.3 is 173 Å². The zero-order valence-electron chi connectivity index (χ0n) is 16.0. The molecule has 0 nitrogen and oxygen atoms in total. The molecular weight excluding hydrogens is 580 g/mol. The van der Waals surface area contributed by atoms with Crippen molar-refractivity contribution in [3.63, 3.8) is 0 Å². The summed E-state index contributed by atoms with van der Waals surface area (Å²) in [5.41, 5.74) is 0.759. The van der Waals surface area contributed by atoms with Gasteiger partial charge in [0.25, 0.3) is 0 Å². The molecule has 0 unspecified atom stereocenters. The summed E-state index contributed by atoms with van der Waals surface area (Å²) in [6.45, 7) is 0. The van der Waals surface area contributed by atoms with Crippen LogP contribution < -0.4 is 5.79 Å². The first-order valence-electron chi connectivity index (χ1n) is 8.68. The molecule has 0 saturated heterocycles. The summed E-state index contributed by atoms with van der Waals surface area (Å²) in [5.74, 6) is -1.46. The predicted octanol–water partition coefficient (Wildman–Crippen LogP) is 6.51. The maximum absolute atomic E-state index is 14.8. The molecule has 2 heterocycles. The van der Waals surface area contributed by atoms with Crippen molar-refractivity contribution in [3.8, 4) is 20.9 Å². The van der Waals surface area contributed by atoms with Gasteiger partial charge in [-0.25, -0.2) is 0 Å². The molecule has 1 aromatic carbocycles. The van der Waals surface area contributed by atoms with Crippen molar-refractivity contribution in [1.82, 2.24) is 0 Å².